The zero-order chi connectivity index (χ0) is 21.4. The molecule has 0 aliphatic rings. The number of rotatable bonds is 6. The fraction of sp³-hybridized carbons (Fsp3) is 0.286. The van der Waals surface area contributed by atoms with Crippen molar-refractivity contribution in [1.29, 1.82) is 0 Å². The van der Waals surface area contributed by atoms with E-state index in [1.54, 1.807) is 45.0 Å². The molecule has 0 saturated heterocycles. The van der Waals surface area contributed by atoms with Crippen molar-refractivity contribution < 1.29 is 23.5 Å². The van der Waals surface area contributed by atoms with Gasteiger partial charge in [-0.25, -0.2) is 9.18 Å². The zero-order valence-electron chi connectivity index (χ0n) is 16.5. The van der Waals surface area contributed by atoms with Gasteiger partial charge in [-0.1, -0.05) is 6.07 Å². The molecular weight excluding hydrogens is 377 g/mol. The molecule has 2 aromatic rings. The molecule has 154 valence electrons. The van der Waals surface area contributed by atoms with Gasteiger partial charge in [-0.15, -0.1) is 0 Å². The highest BCUT2D eigenvalue weighted by Gasteiger charge is 2.16. The quantitative estimate of drug-likeness (QED) is 0.683. The SMILES string of the molecule is CC(C)(C)OC(=O)NCCC(=O)Nc1cccc(NC(=O)c2ccc(F)cc2)c1. The van der Waals surface area contributed by atoms with Crippen LogP contribution in [-0.4, -0.2) is 30.1 Å². The van der Waals surface area contributed by atoms with Crippen LogP contribution in [0, 0.1) is 5.82 Å². The van der Waals surface area contributed by atoms with Crippen LogP contribution in [0.5, 0.6) is 0 Å². The number of halogens is 1. The first-order valence-corrected chi connectivity index (χ1v) is 9.06. The molecule has 0 aliphatic heterocycles. The Balaban J connectivity index is 1.84. The molecule has 0 atom stereocenters. The number of hydrogen-bond donors (Lipinski definition) is 3. The van der Waals surface area contributed by atoms with Gasteiger partial charge < -0.3 is 20.7 Å². The number of ether oxygens (including phenoxy) is 1. The second-order valence-electron chi connectivity index (χ2n) is 7.27. The third-order valence-electron chi connectivity index (χ3n) is 3.53. The van der Waals surface area contributed by atoms with E-state index in [9.17, 15) is 18.8 Å². The highest BCUT2D eigenvalue weighted by Crippen LogP contribution is 2.16. The van der Waals surface area contributed by atoms with E-state index in [1.165, 1.54) is 24.3 Å². The van der Waals surface area contributed by atoms with Crippen molar-refractivity contribution in [1.82, 2.24) is 5.32 Å². The molecule has 0 bridgehead atoms. The van der Waals surface area contributed by atoms with Crippen molar-refractivity contribution in [2.24, 2.45) is 0 Å². The van der Waals surface area contributed by atoms with Crippen molar-refractivity contribution in [2.75, 3.05) is 17.2 Å². The molecule has 0 heterocycles. The average Bonchev–Trinajstić information content (AvgIpc) is 2.61. The number of benzene rings is 2. The largest absolute Gasteiger partial charge is 0.444 e. The predicted octanol–water partition coefficient (Wildman–Crippen LogP) is 3.93. The fourth-order valence-corrected chi connectivity index (χ4v) is 2.29. The van der Waals surface area contributed by atoms with E-state index in [1.807, 2.05) is 0 Å². The fourth-order valence-electron chi connectivity index (χ4n) is 2.29. The molecular formula is C21H24FN3O4. The van der Waals surface area contributed by atoms with Crippen LogP contribution in [0.1, 0.15) is 37.6 Å². The predicted molar refractivity (Wildman–Crippen MR) is 108 cm³/mol. The molecule has 0 saturated carbocycles. The molecule has 0 unspecified atom stereocenters. The third-order valence-corrected chi connectivity index (χ3v) is 3.53. The van der Waals surface area contributed by atoms with E-state index in [0.29, 0.717) is 16.9 Å². The van der Waals surface area contributed by atoms with Crippen LogP contribution < -0.4 is 16.0 Å². The van der Waals surface area contributed by atoms with E-state index in [2.05, 4.69) is 16.0 Å². The zero-order valence-corrected chi connectivity index (χ0v) is 16.5. The van der Waals surface area contributed by atoms with Gasteiger partial charge in [0.1, 0.15) is 11.4 Å². The lowest BCUT2D eigenvalue weighted by Gasteiger charge is -2.19. The van der Waals surface area contributed by atoms with E-state index < -0.39 is 23.4 Å². The summed E-state index contributed by atoms with van der Waals surface area (Å²) in [6, 6.07) is 11.8. The monoisotopic (exact) mass is 401 g/mol. The van der Waals surface area contributed by atoms with Crippen LogP contribution in [0.2, 0.25) is 0 Å². The summed E-state index contributed by atoms with van der Waals surface area (Å²) in [4.78, 5) is 35.8. The molecule has 0 spiro atoms. The van der Waals surface area contributed by atoms with Crippen LogP contribution in [0.4, 0.5) is 20.6 Å². The molecule has 7 nitrogen and oxygen atoms in total. The van der Waals surface area contributed by atoms with Crippen LogP contribution >= 0.6 is 0 Å². The van der Waals surface area contributed by atoms with Gasteiger partial charge in [0.15, 0.2) is 0 Å². The summed E-state index contributed by atoms with van der Waals surface area (Å²) in [7, 11) is 0. The van der Waals surface area contributed by atoms with Gasteiger partial charge in [-0.2, -0.15) is 0 Å². The van der Waals surface area contributed by atoms with Gasteiger partial charge in [-0.3, -0.25) is 9.59 Å². The first kappa shape index (κ1) is 21.9. The van der Waals surface area contributed by atoms with Crippen molar-refractivity contribution in [3.8, 4) is 0 Å². The minimum absolute atomic E-state index is 0.0609. The minimum Gasteiger partial charge on any atom is -0.444 e. The second kappa shape index (κ2) is 9.68. The molecule has 8 heteroatoms. The summed E-state index contributed by atoms with van der Waals surface area (Å²) in [5.41, 5.74) is 0.674. The number of alkyl carbamates (subject to hydrolysis) is 1. The summed E-state index contributed by atoms with van der Waals surface area (Å²) in [6.07, 6.45) is -0.526. The molecule has 2 rings (SSSR count). The molecule has 0 aromatic heterocycles. The van der Waals surface area contributed by atoms with E-state index >= 15 is 0 Å². The van der Waals surface area contributed by atoms with Crippen LogP contribution in [0.25, 0.3) is 0 Å². The van der Waals surface area contributed by atoms with Gasteiger partial charge in [0.25, 0.3) is 5.91 Å². The van der Waals surface area contributed by atoms with Gasteiger partial charge in [0.2, 0.25) is 5.91 Å². The van der Waals surface area contributed by atoms with Gasteiger partial charge in [-0.05, 0) is 63.2 Å². The van der Waals surface area contributed by atoms with Gasteiger partial charge in [0.05, 0.1) is 0 Å². The maximum Gasteiger partial charge on any atom is 0.407 e. The van der Waals surface area contributed by atoms with E-state index in [4.69, 9.17) is 4.74 Å². The van der Waals surface area contributed by atoms with Gasteiger partial charge >= 0.3 is 6.09 Å². The average molecular weight is 401 g/mol. The maximum absolute atomic E-state index is 13.0. The Kier molecular flexibility index (Phi) is 7.30. The van der Waals surface area contributed by atoms with Crippen molar-refractivity contribution in [2.45, 2.75) is 32.8 Å². The topological polar surface area (TPSA) is 96.5 Å². The molecule has 3 amide bonds. The van der Waals surface area contributed by atoms with Crippen molar-refractivity contribution in [3.63, 3.8) is 0 Å². The normalized spacial score (nSPS) is 10.8. The van der Waals surface area contributed by atoms with E-state index in [-0.39, 0.29) is 18.9 Å². The number of carbonyl (C=O) groups excluding carboxylic acids is 3. The van der Waals surface area contributed by atoms with E-state index in [0.717, 1.165) is 0 Å². The third kappa shape index (κ3) is 8.00. The number of nitrogens with one attached hydrogen (secondary N) is 3. The Hall–Kier alpha value is -3.42. The lowest BCUT2D eigenvalue weighted by molar-refractivity contribution is -0.116. The number of hydrogen-bond acceptors (Lipinski definition) is 4. The highest BCUT2D eigenvalue weighted by atomic mass is 19.1. The van der Waals surface area contributed by atoms with Crippen LogP contribution in [0.3, 0.4) is 0 Å². The van der Waals surface area contributed by atoms with Crippen molar-refractivity contribution in [3.05, 3.63) is 59.9 Å². The number of carbonyl (C=O) groups is 3. The van der Waals surface area contributed by atoms with Crippen LogP contribution in [-0.2, 0) is 9.53 Å². The molecule has 2 aromatic carbocycles. The lowest BCUT2D eigenvalue weighted by Crippen LogP contribution is -2.34. The van der Waals surface area contributed by atoms with Crippen molar-refractivity contribution >= 4 is 29.3 Å². The Bertz CT molecular complexity index is 876. The first-order chi connectivity index (χ1) is 13.6. The standard InChI is InChI=1S/C21H24FN3O4/c1-21(2,3)29-20(28)23-12-11-18(26)24-16-5-4-6-17(13-16)25-19(27)14-7-9-15(22)10-8-14/h4-10,13H,11-12H2,1-3H3,(H,23,28)(H,24,26)(H,25,27). The van der Waals surface area contributed by atoms with Gasteiger partial charge in [0, 0.05) is 29.9 Å². The summed E-state index contributed by atoms with van der Waals surface area (Å²) < 4.78 is 18.0. The Morgan fingerprint density at radius 1 is 0.966 bits per heavy atom. The molecule has 0 fully saturated rings. The van der Waals surface area contributed by atoms with Crippen LogP contribution in [0.15, 0.2) is 48.5 Å². The highest BCUT2D eigenvalue weighted by molar-refractivity contribution is 6.04. The Morgan fingerprint density at radius 2 is 1.59 bits per heavy atom. The Morgan fingerprint density at radius 3 is 2.21 bits per heavy atom. The summed E-state index contributed by atoms with van der Waals surface area (Å²) in [5, 5.41) is 7.89. The minimum atomic E-state index is -0.606. The number of anilines is 2. The first-order valence-electron chi connectivity index (χ1n) is 9.06. The summed E-state index contributed by atoms with van der Waals surface area (Å²) in [6.45, 7) is 5.38. The molecule has 0 aliphatic carbocycles. The number of amides is 3. The maximum atomic E-state index is 13.0. The lowest BCUT2D eigenvalue weighted by atomic mass is 10.2. The molecule has 29 heavy (non-hydrogen) atoms. The smallest absolute Gasteiger partial charge is 0.407 e. The summed E-state index contributed by atoms with van der Waals surface area (Å²) in [5.74, 6) is -1.12. The summed E-state index contributed by atoms with van der Waals surface area (Å²) >= 11 is 0. The molecule has 3 N–H and O–H groups in total. The Labute approximate surface area is 168 Å². The second-order valence-corrected chi connectivity index (χ2v) is 7.27. The molecule has 0 radical (unpaired) electrons.